The van der Waals surface area contributed by atoms with Crippen molar-refractivity contribution < 1.29 is 49.8 Å². The zero-order valence-electron chi connectivity index (χ0n) is 41.2. The second-order valence-electron chi connectivity index (χ2n) is 18.2. The molecule has 0 aromatic heterocycles. The Kier molecular flexibility index (Phi) is 69.2. The molecule has 0 bridgehead atoms. The minimum Gasteiger partial charge on any atom is -0.550 e. The van der Waals surface area contributed by atoms with Crippen LogP contribution >= 0.6 is 0 Å². The van der Waals surface area contributed by atoms with Crippen LogP contribution in [0.15, 0.2) is 0 Å². The first-order valence-electron chi connectivity index (χ1n) is 26.9. The third-order valence-corrected chi connectivity index (χ3v) is 12.0. The summed E-state index contributed by atoms with van der Waals surface area (Å²) in [6, 6.07) is 0. The van der Waals surface area contributed by atoms with Crippen molar-refractivity contribution in [1.82, 2.24) is 0 Å². The van der Waals surface area contributed by atoms with Gasteiger partial charge in [0, 0.05) is 17.9 Å². The Morgan fingerprint density at radius 1 is 0.213 bits per heavy atom. The van der Waals surface area contributed by atoms with E-state index in [4.69, 9.17) is 0 Å². The molecule has 0 radical (unpaired) electrons. The van der Waals surface area contributed by atoms with E-state index in [0.29, 0.717) is 0 Å². The van der Waals surface area contributed by atoms with Crippen LogP contribution in [0.1, 0.15) is 329 Å². The molecule has 0 aliphatic heterocycles. The van der Waals surface area contributed by atoms with Gasteiger partial charge in [0.05, 0.1) is 0 Å². The van der Waals surface area contributed by atoms with E-state index in [0.717, 1.165) is 38.5 Å². The van der Waals surface area contributed by atoms with Gasteiger partial charge < -0.3 is 29.7 Å². The molecule has 0 unspecified atom stereocenters. The van der Waals surface area contributed by atoms with Crippen molar-refractivity contribution in [3.8, 4) is 0 Å². The molecule has 0 saturated carbocycles. The van der Waals surface area contributed by atoms with Gasteiger partial charge in [-0.2, -0.15) is 0 Å². The van der Waals surface area contributed by atoms with E-state index < -0.39 is 17.9 Å². The topological polar surface area (TPSA) is 120 Å². The summed E-state index contributed by atoms with van der Waals surface area (Å²) in [7, 11) is 0. The molecule has 61 heavy (non-hydrogen) atoms. The Hall–Kier alpha value is -0.941. The maximum absolute atomic E-state index is 10.2. The van der Waals surface area contributed by atoms with Gasteiger partial charge in [0.2, 0.25) is 0 Å². The van der Waals surface area contributed by atoms with Crippen molar-refractivity contribution in [1.29, 1.82) is 0 Å². The van der Waals surface area contributed by atoms with Crippen LogP contribution in [0, 0.1) is 0 Å². The molecule has 7 heteroatoms. The molecule has 0 atom stereocenters. The van der Waals surface area contributed by atoms with Crippen molar-refractivity contribution in [3.05, 3.63) is 0 Å². The number of aliphatic carboxylic acids is 3. The molecule has 0 heterocycles. The minimum atomic E-state index is -0.903. The van der Waals surface area contributed by atoms with Crippen molar-refractivity contribution in [2.45, 2.75) is 329 Å². The number of carbonyl (C=O) groups excluding carboxylic acids is 3. The average Bonchev–Trinajstić information content (AvgIpc) is 3.22. The maximum atomic E-state index is 10.2. The van der Waals surface area contributed by atoms with Gasteiger partial charge in [0.15, 0.2) is 0 Å². The Labute approximate surface area is 394 Å². The fourth-order valence-electron chi connectivity index (χ4n) is 7.92. The molecule has 0 fully saturated rings. The van der Waals surface area contributed by atoms with E-state index in [9.17, 15) is 29.7 Å². The van der Waals surface area contributed by atoms with E-state index >= 15 is 0 Å². The van der Waals surface area contributed by atoms with Crippen LogP contribution in [0.4, 0.5) is 0 Å². The molecule has 0 aliphatic carbocycles. The van der Waals surface area contributed by atoms with Crippen LogP contribution in [-0.4, -0.2) is 17.9 Å². The van der Waals surface area contributed by atoms with E-state index in [1.165, 1.54) is 250 Å². The molecule has 0 saturated heterocycles. The average molecular weight is 1040 g/mol. The van der Waals surface area contributed by atoms with Gasteiger partial charge in [-0.25, -0.2) is 0 Å². The summed E-state index contributed by atoms with van der Waals surface area (Å²) in [5.41, 5.74) is 0. The number of carbonyl (C=O) groups is 3. The van der Waals surface area contributed by atoms with Crippen molar-refractivity contribution in [2.75, 3.05) is 0 Å². The van der Waals surface area contributed by atoms with Gasteiger partial charge in [0.1, 0.15) is 0 Å². The quantitative estimate of drug-likeness (QED) is 0.0560. The zero-order valence-corrected chi connectivity index (χ0v) is 43.6. The first-order chi connectivity index (χ1) is 29.3. The molecular weight excluding hydrogens is 937 g/mol. The molecule has 0 amide bonds. The molecular formula is C54H105IrO6. The summed E-state index contributed by atoms with van der Waals surface area (Å²) in [5.74, 6) is -2.71. The number of carboxylic acids is 3. The van der Waals surface area contributed by atoms with Crippen LogP contribution < -0.4 is 15.3 Å². The summed E-state index contributed by atoms with van der Waals surface area (Å²) < 4.78 is 0. The third-order valence-electron chi connectivity index (χ3n) is 12.0. The molecule has 0 aromatic rings. The molecule has 0 rings (SSSR count). The summed E-state index contributed by atoms with van der Waals surface area (Å²) >= 11 is 0. The Morgan fingerprint density at radius 3 is 0.410 bits per heavy atom. The zero-order chi connectivity index (χ0) is 44.7. The molecule has 0 spiro atoms. The number of carboxylic acid groups (broad SMARTS) is 3. The number of rotatable bonds is 48. The number of unbranched alkanes of at least 4 members (excludes halogenated alkanes) is 42. The Bertz CT molecular complexity index is 717. The Morgan fingerprint density at radius 2 is 0.311 bits per heavy atom. The fraction of sp³-hybridized carbons (Fsp3) is 0.944. The van der Waals surface area contributed by atoms with E-state index in [1.807, 2.05) is 0 Å². The van der Waals surface area contributed by atoms with Gasteiger partial charge >= 0.3 is 20.1 Å². The van der Waals surface area contributed by atoms with Crippen LogP contribution in [0.3, 0.4) is 0 Å². The number of hydrogen-bond acceptors (Lipinski definition) is 6. The van der Waals surface area contributed by atoms with E-state index in [1.54, 1.807) is 0 Å². The molecule has 0 aromatic carbocycles. The SMILES string of the molecule is CCCCCCCCCCCCCCCCCC(=O)[O-].CCCCCCCCCCCCCCCCCC(=O)[O-].CCCCCCCCCCCCCCCCCC(=O)[O-].[Ir+3]. The van der Waals surface area contributed by atoms with Crippen LogP contribution in [0.5, 0.6) is 0 Å². The summed E-state index contributed by atoms with van der Waals surface area (Å²) in [4.78, 5) is 30.7. The first kappa shape index (κ1) is 66.7. The molecule has 0 aliphatic rings. The van der Waals surface area contributed by atoms with Crippen LogP contribution in [-0.2, 0) is 34.5 Å². The summed E-state index contributed by atoms with van der Waals surface area (Å²) in [6.45, 7) is 6.80. The maximum Gasteiger partial charge on any atom is 3.00 e. The third kappa shape index (κ3) is 76.7. The summed E-state index contributed by atoms with van der Waals surface area (Å²) in [5, 5.41) is 30.7. The number of hydrogen-bond donors (Lipinski definition) is 0. The van der Waals surface area contributed by atoms with Crippen molar-refractivity contribution in [2.24, 2.45) is 0 Å². The largest absolute Gasteiger partial charge is 3.00 e. The van der Waals surface area contributed by atoms with Gasteiger partial charge in [-0.15, -0.1) is 0 Å². The molecule has 0 N–H and O–H groups in total. The van der Waals surface area contributed by atoms with Crippen molar-refractivity contribution >= 4 is 17.9 Å². The standard InChI is InChI=1S/3C18H36O2.Ir/c3*1-2-3-4-5-6-7-8-9-10-11-12-13-14-15-16-17-18(19)20;/h3*2-17H2,1H3,(H,19,20);/q;;;+3/p-3. The monoisotopic (exact) mass is 1040 g/mol. The van der Waals surface area contributed by atoms with Gasteiger partial charge in [-0.3, -0.25) is 0 Å². The minimum absolute atomic E-state index is 0. The van der Waals surface area contributed by atoms with Crippen molar-refractivity contribution in [3.63, 3.8) is 0 Å². The molecule has 366 valence electrons. The smallest absolute Gasteiger partial charge is 0.550 e. The van der Waals surface area contributed by atoms with E-state index in [-0.39, 0.29) is 39.4 Å². The van der Waals surface area contributed by atoms with Gasteiger partial charge in [-0.05, 0) is 38.5 Å². The second kappa shape index (κ2) is 63.3. The van der Waals surface area contributed by atoms with Gasteiger partial charge in [0.25, 0.3) is 0 Å². The predicted molar refractivity (Wildman–Crippen MR) is 254 cm³/mol. The molecule has 6 nitrogen and oxygen atoms in total. The fourth-order valence-corrected chi connectivity index (χ4v) is 7.92. The van der Waals surface area contributed by atoms with E-state index in [2.05, 4.69) is 20.8 Å². The van der Waals surface area contributed by atoms with Gasteiger partial charge in [-0.1, -0.05) is 290 Å². The second-order valence-corrected chi connectivity index (χ2v) is 18.2. The predicted octanol–water partition coefficient (Wildman–Crippen LogP) is 15.0. The Balaban J connectivity index is -0.000000396. The normalized spacial score (nSPS) is 10.7. The first-order valence-corrected chi connectivity index (χ1v) is 26.9. The summed E-state index contributed by atoms with van der Waals surface area (Å²) in [6.07, 6.45) is 59.6. The van der Waals surface area contributed by atoms with Crippen LogP contribution in [0.25, 0.3) is 0 Å². The van der Waals surface area contributed by atoms with Crippen LogP contribution in [0.2, 0.25) is 0 Å².